The van der Waals surface area contributed by atoms with Crippen LogP contribution in [0, 0.1) is 5.82 Å². The molecule has 5 heteroatoms. The van der Waals surface area contributed by atoms with E-state index in [1.165, 1.54) is 12.1 Å². The summed E-state index contributed by atoms with van der Waals surface area (Å²) in [5, 5.41) is 11.5. The molecular weight excluding hydrogens is 277 g/mol. The molecule has 0 bridgehead atoms. The number of aliphatic hydroxyl groups excluding tert-OH is 1. The predicted octanol–water partition coefficient (Wildman–Crippen LogP) is 2.09. The summed E-state index contributed by atoms with van der Waals surface area (Å²) in [6.07, 6.45) is 0.598. The lowest BCUT2D eigenvalue weighted by Crippen LogP contribution is -2.37. The molecule has 0 heterocycles. The number of carbonyl (C=O) groups is 1. The molecule has 1 atom stereocenters. The summed E-state index contributed by atoms with van der Waals surface area (Å²) >= 11 is 3.11. The summed E-state index contributed by atoms with van der Waals surface area (Å²) in [6, 6.07) is 3.89. The van der Waals surface area contributed by atoms with Crippen LogP contribution in [-0.4, -0.2) is 23.7 Å². The van der Waals surface area contributed by atoms with Crippen molar-refractivity contribution in [1.29, 1.82) is 0 Å². The van der Waals surface area contributed by atoms with Crippen LogP contribution >= 0.6 is 15.9 Å². The number of hydrogen-bond acceptors (Lipinski definition) is 2. The minimum absolute atomic E-state index is 0.0184. The number of rotatable bonds is 4. The number of nitrogens with one attached hydrogen (secondary N) is 1. The molecule has 0 aromatic heterocycles. The SMILES string of the molecule is CC[C@H](CO)NC(=O)c1ccc(Br)cc1F. The zero-order chi connectivity index (χ0) is 12.1. The van der Waals surface area contributed by atoms with E-state index in [1.807, 2.05) is 6.92 Å². The molecule has 3 nitrogen and oxygen atoms in total. The molecule has 1 amide bonds. The first-order valence-corrected chi connectivity index (χ1v) is 5.74. The minimum atomic E-state index is -0.584. The van der Waals surface area contributed by atoms with Crippen LogP contribution in [0.1, 0.15) is 23.7 Å². The van der Waals surface area contributed by atoms with Gasteiger partial charge in [0.25, 0.3) is 5.91 Å². The van der Waals surface area contributed by atoms with Crippen molar-refractivity contribution in [1.82, 2.24) is 5.32 Å². The van der Waals surface area contributed by atoms with Gasteiger partial charge in [0.15, 0.2) is 0 Å². The Morgan fingerprint density at radius 2 is 2.31 bits per heavy atom. The number of carbonyl (C=O) groups excluding carboxylic acids is 1. The van der Waals surface area contributed by atoms with E-state index >= 15 is 0 Å². The lowest BCUT2D eigenvalue weighted by molar-refractivity contribution is 0.0911. The second kappa shape index (κ2) is 5.96. The van der Waals surface area contributed by atoms with Gasteiger partial charge in [0.05, 0.1) is 18.2 Å². The van der Waals surface area contributed by atoms with Crippen molar-refractivity contribution >= 4 is 21.8 Å². The van der Waals surface area contributed by atoms with Gasteiger partial charge in [-0.15, -0.1) is 0 Å². The largest absolute Gasteiger partial charge is 0.394 e. The second-order valence-corrected chi connectivity index (χ2v) is 4.30. The van der Waals surface area contributed by atoms with Gasteiger partial charge in [0.2, 0.25) is 0 Å². The fraction of sp³-hybridized carbons (Fsp3) is 0.364. The highest BCUT2D eigenvalue weighted by Crippen LogP contribution is 2.15. The number of hydrogen-bond donors (Lipinski definition) is 2. The first-order chi connectivity index (χ1) is 7.58. The topological polar surface area (TPSA) is 49.3 Å². The van der Waals surface area contributed by atoms with Gasteiger partial charge < -0.3 is 10.4 Å². The van der Waals surface area contributed by atoms with Gasteiger partial charge in [-0.25, -0.2) is 4.39 Å². The van der Waals surface area contributed by atoms with Crippen molar-refractivity contribution < 1.29 is 14.3 Å². The Hall–Kier alpha value is -0.940. The van der Waals surface area contributed by atoms with Gasteiger partial charge in [-0.3, -0.25) is 4.79 Å². The molecule has 0 aliphatic heterocycles. The van der Waals surface area contributed by atoms with Crippen LogP contribution in [-0.2, 0) is 0 Å². The van der Waals surface area contributed by atoms with Gasteiger partial charge in [-0.2, -0.15) is 0 Å². The maximum absolute atomic E-state index is 13.4. The molecular formula is C11H13BrFNO2. The molecule has 0 radical (unpaired) electrons. The van der Waals surface area contributed by atoms with Crippen LogP contribution in [0.5, 0.6) is 0 Å². The van der Waals surface area contributed by atoms with Crippen LogP contribution in [0.15, 0.2) is 22.7 Å². The zero-order valence-electron chi connectivity index (χ0n) is 8.84. The molecule has 1 rings (SSSR count). The smallest absolute Gasteiger partial charge is 0.254 e. The molecule has 0 fully saturated rings. The molecule has 16 heavy (non-hydrogen) atoms. The lowest BCUT2D eigenvalue weighted by atomic mass is 10.1. The quantitative estimate of drug-likeness (QED) is 0.892. The van der Waals surface area contributed by atoms with Crippen molar-refractivity contribution in [3.8, 4) is 0 Å². The summed E-state index contributed by atoms with van der Waals surface area (Å²) in [5.74, 6) is -1.09. The van der Waals surface area contributed by atoms with Crippen LogP contribution in [0.3, 0.4) is 0 Å². The lowest BCUT2D eigenvalue weighted by Gasteiger charge is -2.14. The van der Waals surface area contributed by atoms with Gasteiger partial charge in [0.1, 0.15) is 5.82 Å². The van der Waals surface area contributed by atoms with Crippen molar-refractivity contribution in [3.63, 3.8) is 0 Å². The summed E-state index contributed by atoms with van der Waals surface area (Å²) in [5.41, 5.74) is -0.0184. The van der Waals surface area contributed by atoms with E-state index in [2.05, 4.69) is 21.2 Å². The van der Waals surface area contributed by atoms with E-state index in [-0.39, 0.29) is 18.2 Å². The van der Waals surface area contributed by atoms with Crippen LogP contribution in [0.2, 0.25) is 0 Å². The molecule has 0 unspecified atom stereocenters. The van der Waals surface area contributed by atoms with E-state index in [1.54, 1.807) is 6.07 Å². The van der Waals surface area contributed by atoms with E-state index in [0.29, 0.717) is 10.9 Å². The zero-order valence-corrected chi connectivity index (χ0v) is 10.4. The van der Waals surface area contributed by atoms with Crippen LogP contribution in [0.4, 0.5) is 4.39 Å². The molecule has 0 aliphatic carbocycles. The molecule has 2 N–H and O–H groups in total. The third-order valence-corrected chi connectivity index (χ3v) is 2.72. The Labute approximate surface area is 102 Å². The average molecular weight is 290 g/mol. The van der Waals surface area contributed by atoms with Crippen molar-refractivity contribution in [2.75, 3.05) is 6.61 Å². The maximum atomic E-state index is 13.4. The van der Waals surface area contributed by atoms with E-state index < -0.39 is 11.7 Å². The number of amides is 1. The number of aliphatic hydroxyl groups is 1. The Balaban J connectivity index is 2.80. The Morgan fingerprint density at radius 1 is 1.62 bits per heavy atom. The fourth-order valence-electron chi connectivity index (χ4n) is 1.21. The number of benzene rings is 1. The normalized spacial score (nSPS) is 12.2. The van der Waals surface area contributed by atoms with E-state index in [4.69, 9.17) is 5.11 Å². The second-order valence-electron chi connectivity index (χ2n) is 3.39. The third kappa shape index (κ3) is 3.28. The molecule has 1 aromatic rings. The first kappa shape index (κ1) is 13.1. The van der Waals surface area contributed by atoms with Gasteiger partial charge >= 0.3 is 0 Å². The average Bonchev–Trinajstić information content (AvgIpc) is 2.25. The Kier molecular flexibility index (Phi) is 4.89. The number of halogens is 2. The highest BCUT2D eigenvalue weighted by Gasteiger charge is 2.15. The molecule has 0 spiro atoms. The Morgan fingerprint density at radius 3 is 2.81 bits per heavy atom. The molecule has 1 aromatic carbocycles. The summed E-state index contributed by atoms with van der Waals surface area (Å²) < 4.78 is 14.0. The highest BCUT2D eigenvalue weighted by atomic mass is 79.9. The first-order valence-electron chi connectivity index (χ1n) is 4.95. The standard InChI is InChI=1S/C11H13BrFNO2/c1-2-8(6-15)14-11(16)9-4-3-7(12)5-10(9)13/h3-5,8,15H,2,6H2,1H3,(H,14,16)/t8-/m1/s1. The van der Waals surface area contributed by atoms with Crippen molar-refractivity contribution in [2.45, 2.75) is 19.4 Å². The minimum Gasteiger partial charge on any atom is -0.394 e. The summed E-state index contributed by atoms with van der Waals surface area (Å²) in [7, 11) is 0. The summed E-state index contributed by atoms with van der Waals surface area (Å²) in [4.78, 5) is 11.6. The van der Waals surface area contributed by atoms with E-state index in [9.17, 15) is 9.18 Å². The maximum Gasteiger partial charge on any atom is 0.254 e. The van der Waals surface area contributed by atoms with Gasteiger partial charge in [-0.1, -0.05) is 22.9 Å². The predicted molar refractivity (Wildman–Crippen MR) is 62.7 cm³/mol. The van der Waals surface area contributed by atoms with Crippen molar-refractivity contribution in [2.24, 2.45) is 0 Å². The summed E-state index contributed by atoms with van der Waals surface area (Å²) in [6.45, 7) is 1.68. The third-order valence-electron chi connectivity index (χ3n) is 2.22. The monoisotopic (exact) mass is 289 g/mol. The van der Waals surface area contributed by atoms with Crippen molar-refractivity contribution in [3.05, 3.63) is 34.1 Å². The van der Waals surface area contributed by atoms with Gasteiger partial charge in [0, 0.05) is 4.47 Å². The molecule has 0 aliphatic rings. The molecule has 0 saturated heterocycles. The molecule has 88 valence electrons. The Bertz CT molecular complexity index is 380. The van der Waals surface area contributed by atoms with Gasteiger partial charge in [-0.05, 0) is 24.6 Å². The van der Waals surface area contributed by atoms with Crippen LogP contribution in [0.25, 0.3) is 0 Å². The molecule has 0 saturated carbocycles. The van der Waals surface area contributed by atoms with E-state index in [0.717, 1.165) is 0 Å². The highest BCUT2D eigenvalue weighted by molar-refractivity contribution is 9.10. The fourth-order valence-corrected chi connectivity index (χ4v) is 1.55. The van der Waals surface area contributed by atoms with Crippen LogP contribution < -0.4 is 5.32 Å².